The molecule has 1 amide bonds. The maximum atomic E-state index is 16.1. The lowest BCUT2D eigenvalue weighted by atomic mass is 9.90. The van der Waals surface area contributed by atoms with Crippen molar-refractivity contribution in [3.05, 3.63) is 83.4 Å². The van der Waals surface area contributed by atoms with Crippen LogP contribution in [0.15, 0.2) is 77.7 Å². The number of ether oxygens (including phenoxy) is 1. The monoisotopic (exact) mass is 616 g/mol. The molecule has 1 saturated heterocycles. The van der Waals surface area contributed by atoms with Crippen molar-refractivity contribution in [3.8, 4) is 16.9 Å². The number of rotatable bonds is 10. The van der Waals surface area contributed by atoms with Gasteiger partial charge in [0.05, 0.1) is 11.5 Å². The highest BCUT2D eigenvalue weighted by atomic mass is 35.5. The van der Waals surface area contributed by atoms with Gasteiger partial charge < -0.3 is 9.64 Å². The molecule has 224 valence electrons. The molecule has 1 aliphatic carbocycles. The maximum absolute atomic E-state index is 16.1. The predicted molar refractivity (Wildman–Crippen MR) is 159 cm³/mol. The second-order valence-electron chi connectivity index (χ2n) is 11.1. The Bertz CT molecular complexity index is 1450. The van der Waals surface area contributed by atoms with Gasteiger partial charge in [0.1, 0.15) is 5.75 Å². The third-order valence-electron chi connectivity index (χ3n) is 8.09. The van der Waals surface area contributed by atoms with Crippen molar-refractivity contribution in [1.29, 1.82) is 0 Å². The summed E-state index contributed by atoms with van der Waals surface area (Å²) in [5.41, 5.74) is 0.998. The van der Waals surface area contributed by atoms with E-state index in [1.807, 2.05) is 0 Å². The fraction of sp³-hybridized carbons (Fsp3) is 0.406. The van der Waals surface area contributed by atoms with Crippen LogP contribution in [0.1, 0.15) is 50.5 Å². The standard InChI is InChI=1S/C32H35ClF2N2O4S/c33-27-14-10-25(11-15-27)24-8-12-26(13-9-24)32(34,35)30(31(38)37-20-4-5-21-37)36-42(39,40)29-18-16-28(17-19-29)41-22-23-6-2-1-3-7-23/h8-19,23,30,36H,1-7,20-22H2/t30-/m0/s1. The quantitative estimate of drug-likeness (QED) is 0.265. The highest BCUT2D eigenvalue weighted by molar-refractivity contribution is 7.89. The molecule has 3 aromatic rings. The zero-order valence-corrected chi connectivity index (χ0v) is 24.8. The van der Waals surface area contributed by atoms with Gasteiger partial charge in [-0.05, 0) is 79.1 Å². The van der Waals surface area contributed by atoms with E-state index in [1.54, 1.807) is 24.3 Å². The van der Waals surface area contributed by atoms with E-state index in [9.17, 15) is 13.2 Å². The third kappa shape index (κ3) is 7.13. The molecule has 0 aromatic heterocycles. The first-order valence-corrected chi connectivity index (χ1v) is 16.3. The van der Waals surface area contributed by atoms with Crippen molar-refractivity contribution < 1.29 is 26.7 Å². The van der Waals surface area contributed by atoms with E-state index in [1.165, 1.54) is 72.7 Å². The SMILES string of the molecule is O=C([C@H](NS(=O)(=O)c1ccc(OCC2CCCCC2)cc1)C(F)(F)c1ccc(-c2ccc(Cl)cc2)cc1)N1CCCC1. The minimum absolute atomic E-state index is 0.222. The lowest BCUT2D eigenvalue weighted by Crippen LogP contribution is -2.55. The Labute approximate surface area is 251 Å². The fourth-order valence-electron chi connectivity index (χ4n) is 5.60. The second-order valence-corrected chi connectivity index (χ2v) is 13.2. The molecule has 2 aliphatic rings. The van der Waals surface area contributed by atoms with Crippen LogP contribution in [-0.2, 0) is 20.7 Å². The van der Waals surface area contributed by atoms with Crippen LogP contribution in [-0.4, -0.2) is 45.0 Å². The minimum Gasteiger partial charge on any atom is -0.493 e. The molecule has 10 heteroatoms. The van der Waals surface area contributed by atoms with Gasteiger partial charge in [-0.3, -0.25) is 4.79 Å². The Hall–Kier alpha value is -3.01. The van der Waals surface area contributed by atoms with Crippen LogP contribution in [0.2, 0.25) is 5.02 Å². The molecule has 1 aliphatic heterocycles. The van der Waals surface area contributed by atoms with E-state index in [0.29, 0.717) is 54.8 Å². The molecule has 0 bridgehead atoms. The average Bonchev–Trinajstić information content (AvgIpc) is 3.55. The zero-order chi connectivity index (χ0) is 29.7. The summed E-state index contributed by atoms with van der Waals surface area (Å²) in [7, 11) is -4.48. The summed E-state index contributed by atoms with van der Waals surface area (Å²) in [6.07, 6.45) is 7.19. The van der Waals surface area contributed by atoms with Gasteiger partial charge in [-0.1, -0.05) is 67.3 Å². The molecular formula is C32H35ClF2N2O4S. The molecule has 3 aromatic carbocycles. The van der Waals surface area contributed by atoms with Crippen molar-refractivity contribution in [2.24, 2.45) is 5.92 Å². The number of halogens is 3. The lowest BCUT2D eigenvalue weighted by molar-refractivity contribution is -0.143. The number of nitrogens with one attached hydrogen (secondary N) is 1. The van der Waals surface area contributed by atoms with E-state index in [0.717, 1.165) is 18.4 Å². The smallest absolute Gasteiger partial charge is 0.298 e. The van der Waals surface area contributed by atoms with Crippen LogP contribution in [0.25, 0.3) is 11.1 Å². The van der Waals surface area contributed by atoms with E-state index in [2.05, 4.69) is 4.72 Å². The van der Waals surface area contributed by atoms with Crippen LogP contribution in [0.3, 0.4) is 0 Å². The maximum Gasteiger partial charge on any atom is 0.298 e. The molecule has 0 radical (unpaired) electrons. The molecule has 2 fully saturated rings. The number of hydrogen-bond donors (Lipinski definition) is 1. The van der Waals surface area contributed by atoms with E-state index >= 15 is 8.78 Å². The molecule has 1 heterocycles. The first kappa shape index (κ1) is 30.4. The van der Waals surface area contributed by atoms with Crippen LogP contribution >= 0.6 is 11.6 Å². The van der Waals surface area contributed by atoms with Crippen LogP contribution in [0, 0.1) is 5.92 Å². The number of amides is 1. The highest BCUT2D eigenvalue weighted by Crippen LogP contribution is 2.36. The van der Waals surface area contributed by atoms with Gasteiger partial charge in [0.15, 0.2) is 6.04 Å². The number of hydrogen-bond acceptors (Lipinski definition) is 4. The molecule has 1 atom stereocenters. The summed E-state index contributed by atoms with van der Waals surface area (Å²) in [6.45, 7) is 1.16. The summed E-state index contributed by atoms with van der Waals surface area (Å²) in [6, 6.07) is 15.8. The minimum atomic E-state index is -4.48. The van der Waals surface area contributed by atoms with Crippen LogP contribution < -0.4 is 9.46 Å². The molecule has 42 heavy (non-hydrogen) atoms. The van der Waals surface area contributed by atoms with Gasteiger partial charge in [-0.25, -0.2) is 8.42 Å². The van der Waals surface area contributed by atoms with Crippen molar-refractivity contribution in [2.75, 3.05) is 19.7 Å². The summed E-state index contributed by atoms with van der Waals surface area (Å²) in [5, 5.41) is 0.555. The van der Waals surface area contributed by atoms with Gasteiger partial charge in [-0.15, -0.1) is 0 Å². The van der Waals surface area contributed by atoms with Crippen LogP contribution in [0.4, 0.5) is 8.78 Å². The molecular weight excluding hydrogens is 582 g/mol. The Morgan fingerprint density at radius 1 is 0.881 bits per heavy atom. The molecule has 5 rings (SSSR count). The summed E-state index contributed by atoms with van der Waals surface area (Å²) >= 11 is 5.95. The first-order valence-electron chi connectivity index (χ1n) is 14.4. The number of benzene rings is 3. The normalized spacial score (nSPS) is 17.3. The topological polar surface area (TPSA) is 75.7 Å². The molecule has 0 spiro atoms. The van der Waals surface area contributed by atoms with Gasteiger partial charge in [0.25, 0.3) is 5.92 Å². The highest BCUT2D eigenvalue weighted by Gasteiger charge is 2.50. The van der Waals surface area contributed by atoms with E-state index < -0.39 is 33.5 Å². The number of carbonyl (C=O) groups is 1. The van der Waals surface area contributed by atoms with Crippen molar-refractivity contribution in [3.63, 3.8) is 0 Å². The Balaban J connectivity index is 1.36. The molecule has 1 saturated carbocycles. The van der Waals surface area contributed by atoms with Crippen molar-refractivity contribution >= 4 is 27.5 Å². The number of sulfonamides is 1. The largest absolute Gasteiger partial charge is 0.493 e. The Morgan fingerprint density at radius 3 is 2.05 bits per heavy atom. The zero-order valence-electron chi connectivity index (χ0n) is 23.3. The third-order valence-corrected chi connectivity index (χ3v) is 9.78. The number of carbonyl (C=O) groups excluding carboxylic acids is 1. The van der Waals surface area contributed by atoms with Crippen molar-refractivity contribution in [2.45, 2.75) is 61.8 Å². The molecule has 6 nitrogen and oxygen atoms in total. The van der Waals surface area contributed by atoms with E-state index in [4.69, 9.17) is 16.3 Å². The molecule has 1 N–H and O–H groups in total. The summed E-state index contributed by atoms with van der Waals surface area (Å²) in [4.78, 5) is 14.4. The Kier molecular flexibility index (Phi) is 9.50. The summed E-state index contributed by atoms with van der Waals surface area (Å²) < 4.78 is 66.8. The fourth-order valence-corrected chi connectivity index (χ4v) is 6.92. The van der Waals surface area contributed by atoms with Gasteiger partial charge >= 0.3 is 0 Å². The van der Waals surface area contributed by atoms with Gasteiger partial charge in [0, 0.05) is 23.7 Å². The first-order chi connectivity index (χ1) is 20.1. The van der Waals surface area contributed by atoms with Gasteiger partial charge in [-0.2, -0.15) is 13.5 Å². The lowest BCUT2D eigenvalue weighted by Gasteiger charge is -2.30. The predicted octanol–water partition coefficient (Wildman–Crippen LogP) is 7.03. The molecule has 0 unspecified atom stereocenters. The van der Waals surface area contributed by atoms with Crippen molar-refractivity contribution in [1.82, 2.24) is 9.62 Å². The summed E-state index contributed by atoms with van der Waals surface area (Å²) in [5.74, 6) is -3.79. The second kappa shape index (κ2) is 13.1. The number of alkyl halides is 2. The average molecular weight is 617 g/mol. The number of likely N-dealkylation sites (tertiary alicyclic amines) is 1. The Morgan fingerprint density at radius 2 is 1.45 bits per heavy atom. The number of nitrogens with zero attached hydrogens (tertiary/aromatic N) is 1. The van der Waals surface area contributed by atoms with E-state index in [-0.39, 0.29) is 4.90 Å². The van der Waals surface area contributed by atoms with Crippen LogP contribution in [0.5, 0.6) is 5.75 Å². The van der Waals surface area contributed by atoms with Gasteiger partial charge in [0.2, 0.25) is 15.9 Å².